The Morgan fingerprint density at radius 2 is 1.50 bits per heavy atom. The van der Waals surface area contributed by atoms with Gasteiger partial charge in [-0.15, -0.1) is 0 Å². The van der Waals surface area contributed by atoms with Gasteiger partial charge in [0.1, 0.15) is 11.9 Å². The SMILES string of the molecule is CC(C)(C)NC(=O)[C@H](Cc1ccccc1)N(Cc1ccccc1F)C(=O)Cc1ccccc1Cl. The highest BCUT2D eigenvalue weighted by Crippen LogP contribution is 2.21. The minimum Gasteiger partial charge on any atom is -0.350 e. The Labute approximate surface area is 205 Å². The topological polar surface area (TPSA) is 49.4 Å². The molecule has 0 radical (unpaired) electrons. The van der Waals surface area contributed by atoms with Crippen molar-refractivity contribution < 1.29 is 14.0 Å². The van der Waals surface area contributed by atoms with Crippen LogP contribution >= 0.6 is 11.6 Å². The number of nitrogens with zero attached hydrogens (tertiary/aromatic N) is 1. The molecule has 3 rings (SSSR count). The minimum atomic E-state index is -0.837. The van der Waals surface area contributed by atoms with E-state index in [1.165, 1.54) is 11.0 Å². The number of amides is 2. The van der Waals surface area contributed by atoms with Crippen molar-refractivity contribution in [1.29, 1.82) is 0 Å². The molecule has 0 aliphatic carbocycles. The van der Waals surface area contributed by atoms with Crippen LogP contribution in [0.25, 0.3) is 0 Å². The van der Waals surface area contributed by atoms with Gasteiger partial charge in [-0.3, -0.25) is 9.59 Å². The monoisotopic (exact) mass is 480 g/mol. The van der Waals surface area contributed by atoms with Crippen LogP contribution in [0.4, 0.5) is 4.39 Å². The maximum absolute atomic E-state index is 14.6. The first kappa shape index (κ1) is 25.4. The molecule has 0 unspecified atom stereocenters. The second-order valence-electron chi connectivity index (χ2n) is 9.33. The quantitative estimate of drug-likeness (QED) is 0.457. The van der Waals surface area contributed by atoms with Crippen LogP contribution in [0.3, 0.4) is 0 Å². The average Bonchev–Trinajstić information content (AvgIpc) is 2.78. The Bertz CT molecular complexity index is 1130. The lowest BCUT2D eigenvalue weighted by Gasteiger charge is -2.34. The number of nitrogens with one attached hydrogen (secondary N) is 1. The Hall–Kier alpha value is -3.18. The fourth-order valence-electron chi connectivity index (χ4n) is 3.72. The van der Waals surface area contributed by atoms with E-state index in [0.717, 1.165) is 5.56 Å². The summed E-state index contributed by atoms with van der Waals surface area (Å²) < 4.78 is 14.6. The van der Waals surface area contributed by atoms with Crippen molar-refractivity contribution in [1.82, 2.24) is 10.2 Å². The summed E-state index contributed by atoms with van der Waals surface area (Å²) in [5, 5.41) is 3.47. The van der Waals surface area contributed by atoms with Crippen LogP contribution < -0.4 is 5.32 Å². The molecule has 34 heavy (non-hydrogen) atoms. The second-order valence-corrected chi connectivity index (χ2v) is 9.73. The lowest BCUT2D eigenvalue weighted by atomic mass is 9.99. The molecule has 178 valence electrons. The van der Waals surface area contributed by atoms with Crippen LogP contribution in [0, 0.1) is 5.82 Å². The number of rotatable bonds is 8. The first-order valence-electron chi connectivity index (χ1n) is 11.3. The van der Waals surface area contributed by atoms with Crippen LogP contribution in [0.2, 0.25) is 5.02 Å². The maximum atomic E-state index is 14.6. The van der Waals surface area contributed by atoms with Crippen molar-refractivity contribution in [2.75, 3.05) is 0 Å². The summed E-state index contributed by atoms with van der Waals surface area (Å²) in [7, 11) is 0. The van der Waals surface area contributed by atoms with E-state index < -0.39 is 17.4 Å². The summed E-state index contributed by atoms with van der Waals surface area (Å²) in [5.74, 6) is -1.02. The summed E-state index contributed by atoms with van der Waals surface area (Å²) >= 11 is 6.31. The summed E-state index contributed by atoms with van der Waals surface area (Å²) in [4.78, 5) is 28.6. The standard InChI is InChI=1S/C28H30ClFN2O2/c1-28(2,3)31-27(34)25(17-20-11-5-4-6-12-20)32(19-22-14-8-10-16-24(22)30)26(33)18-21-13-7-9-15-23(21)29/h4-16,25H,17-19H2,1-3H3,(H,31,34)/t25-/m0/s1. The molecule has 0 aliphatic rings. The molecule has 1 atom stereocenters. The maximum Gasteiger partial charge on any atom is 0.243 e. The van der Waals surface area contributed by atoms with Crippen molar-refractivity contribution in [3.8, 4) is 0 Å². The molecular formula is C28H30ClFN2O2. The third-order valence-corrected chi connectivity index (χ3v) is 5.74. The summed E-state index contributed by atoms with van der Waals surface area (Å²) in [6, 6.07) is 22.1. The van der Waals surface area contributed by atoms with Gasteiger partial charge >= 0.3 is 0 Å². The van der Waals surface area contributed by atoms with E-state index in [0.29, 0.717) is 22.6 Å². The summed E-state index contributed by atoms with van der Waals surface area (Å²) in [5.41, 5.74) is 1.40. The molecular weight excluding hydrogens is 451 g/mol. The van der Waals surface area contributed by atoms with E-state index in [2.05, 4.69) is 5.32 Å². The molecule has 0 saturated carbocycles. The van der Waals surface area contributed by atoms with Gasteiger partial charge in [-0.2, -0.15) is 0 Å². The number of carbonyl (C=O) groups excluding carboxylic acids is 2. The Balaban J connectivity index is 2.01. The van der Waals surface area contributed by atoms with Crippen molar-refractivity contribution in [2.45, 2.75) is 51.7 Å². The van der Waals surface area contributed by atoms with Gasteiger partial charge in [-0.25, -0.2) is 4.39 Å². The van der Waals surface area contributed by atoms with Gasteiger partial charge in [-0.05, 0) is 44.0 Å². The molecule has 0 bridgehead atoms. The third kappa shape index (κ3) is 7.16. The first-order valence-corrected chi connectivity index (χ1v) is 11.6. The molecule has 0 spiro atoms. The van der Waals surface area contributed by atoms with Gasteiger partial charge in [0.05, 0.1) is 6.42 Å². The third-order valence-electron chi connectivity index (χ3n) is 5.37. The molecule has 1 N–H and O–H groups in total. The molecule has 3 aromatic carbocycles. The molecule has 2 amide bonds. The zero-order valence-electron chi connectivity index (χ0n) is 19.7. The van der Waals surface area contributed by atoms with E-state index in [-0.39, 0.29) is 24.8 Å². The fraction of sp³-hybridized carbons (Fsp3) is 0.286. The van der Waals surface area contributed by atoms with Gasteiger partial charge in [0.15, 0.2) is 0 Å². The zero-order chi connectivity index (χ0) is 24.7. The largest absolute Gasteiger partial charge is 0.350 e. The number of halogens is 2. The van der Waals surface area contributed by atoms with Crippen molar-refractivity contribution in [2.24, 2.45) is 0 Å². The fourth-order valence-corrected chi connectivity index (χ4v) is 3.93. The predicted octanol–water partition coefficient (Wildman–Crippen LogP) is 5.58. The lowest BCUT2D eigenvalue weighted by molar-refractivity contribution is -0.141. The summed E-state index contributed by atoms with van der Waals surface area (Å²) in [6.45, 7) is 5.62. The number of hydrogen-bond acceptors (Lipinski definition) is 2. The molecule has 0 aliphatic heterocycles. The van der Waals surface area contributed by atoms with E-state index in [1.54, 1.807) is 36.4 Å². The lowest BCUT2D eigenvalue weighted by Crippen LogP contribution is -2.54. The van der Waals surface area contributed by atoms with Crippen LogP contribution in [0.15, 0.2) is 78.9 Å². The van der Waals surface area contributed by atoms with E-state index >= 15 is 0 Å². The number of carbonyl (C=O) groups is 2. The number of hydrogen-bond donors (Lipinski definition) is 1. The van der Waals surface area contributed by atoms with Crippen LogP contribution in [-0.2, 0) is 29.0 Å². The Kier molecular flexibility index (Phi) is 8.46. The highest BCUT2D eigenvalue weighted by Gasteiger charge is 2.32. The molecule has 0 fully saturated rings. The van der Waals surface area contributed by atoms with E-state index in [9.17, 15) is 14.0 Å². The Morgan fingerprint density at radius 3 is 2.12 bits per heavy atom. The second kappa shape index (κ2) is 11.3. The van der Waals surface area contributed by atoms with Gasteiger partial charge in [0.25, 0.3) is 0 Å². The average molecular weight is 481 g/mol. The van der Waals surface area contributed by atoms with Crippen LogP contribution in [-0.4, -0.2) is 28.3 Å². The van der Waals surface area contributed by atoms with Gasteiger partial charge in [0, 0.05) is 29.1 Å². The van der Waals surface area contributed by atoms with Crippen molar-refractivity contribution >= 4 is 23.4 Å². The predicted molar refractivity (Wildman–Crippen MR) is 134 cm³/mol. The van der Waals surface area contributed by atoms with Gasteiger partial charge < -0.3 is 10.2 Å². The number of benzene rings is 3. The summed E-state index contributed by atoms with van der Waals surface area (Å²) in [6.07, 6.45) is 0.299. The van der Waals surface area contributed by atoms with Crippen molar-refractivity contribution in [3.63, 3.8) is 0 Å². The molecule has 0 aromatic heterocycles. The van der Waals surface area contributed by atoms with Gasteiger partial charge in [-0.1, -0.05) is 78.3 Å². The Morgan fingerprint density at radius 1 is 0.912 bits per heavy atom. The van der Waals surface area contributed by atoms with Crippen molar-refractivity contribution in [3.05, 3.63) is 106 Å². The molecule has 4 nitrogen and oxygen atoms in total. The molecule has 0 saturated heterocycles. The normalized spacial score (nSPS) is 12.1. The highest BCUT2D eigenvalue weighted by molar-refractivity contribution is 6.31. The molecule has 6 heteroatoms. The van der Waals surface area contributed by atoms with Gasteiger partial charge in [0.2, 0.25) is 11.8 Å². The zero-order valence-corrected chi connectivity index (χ0v) is 20.5. The molecule has 3 aromatic rings. The molecule has 0 heterocycles. The first-order chi connectivity index (χ1) is 16.1. The smallest absolute Gasteiger partial charge is 0.243 e. The van der Waals surface area contributed by atoms with Crippen LogP contribution in [0.5, 0.6) is 0 Å². The minimum absolute atomic E-state index is 0.00220. The van der Waals surface area contributed by atoms with E-state index in [4.69, 9.17) is 11.6 Å². The van der Waals surface area contributed by atoms with Crippen LogP contribution in [0.1, 0.15) is 37.5 Å². The van der Waals surface area contributed by atoms with E-state index in [1.807, 2.05) is 57.2 Å². The highest BCUT2D eigenvalue weighted by atomic mass is 35.5.